The summed E-state index contributed by atoms with van der Waals surface area (Å²) in [5.41, 5.74) is 15.7. The lowest BCUT2D eigenvalue weighted by molar-refractivity contribution is -0.199. The van der Waals surface area contributed by atoms with Gasteiger partial charge < -0.3 is 36.5 Å². The minimum Gasteiger partial charge on any atom is -0.405 e. The lowest BCUT2D eigenvalue weighted by atomic mass is 9.43. The van der Waals surface area contributed by atoms with Crippen molar-refractivity contribution in [2.24, 2.45) is 40.6 Å². The topological polar surface area (TPSA) is 200 Å². The number of aliphatic hydroxyl groups is 1. The second kappa shape index (κ2) is 22.4. The molecule has 0 radical (unpaired) electrons. The van der Waals surface area contributed by atoms with Gasteiger partial charge in [0, 0.05) is 37.5 Å². The van der Waals surface area contributed by atoms with E-state index in [1.165, 1.54) is 12.5 Å². The molecule has 4 fully saturated rings. The fourth-order valence-electron chi connectivity index (χ4n) is 10.2. The summed E-state index contributed by atoms with van der Waals surface area (Å²) < 4.78 is 13.1. The Morgan fingerprint density at radius 3 is 2.03 bits per heavy atom. The standard InChI is InChI=1S/C50H75BN4O8/c1-8-9-12-34-14-18-36(19-15-34)37-20-16-35(17-21-37)27-40(57)28-38(22-24-53)48(61)55-46(33(4)56)43(59)25-31(2)47(60)54-41(13-10-11-23-52)42(58)26-32(3)51-62-45-30-39-29-44(49(39,5)6)50(45,7)63-51/h14-21,31-33,38-39,41,44-46,56H,8-13,22-30,52-53H2,1-7H3,(H,54,60)(H,55,61)/t31-,32-,33-,38-,39+,41+,44+,45?,46+,50+/m1/s1. The number of ketones is 3. The molecule has 7 N–H and O–H groups in total. The van der Waals surface area contributed by atoms with Crippen LogP contribution in [0.3, 0.4) is 0 Å². The second-order valence-corrected chi connectivity index (χ2v) is 19.8. The SMILES string of the molecule is CCCCc1ccc(-c2ccc(CC(=O)C[C@@H](CCN)C(=O)N[C@H](C(=O)C[C@@H](C)C(=O)N[C@@H](CCCCN)C(=O)C[C@@H](C)B3OC4C[C@@H]5C[C@@H](C5(C)C)[C@]4(C)O3)[C@@H](C)O)cc2)cc1. The zero-order valence-electron chi connectivity index (χ0n) is 39.0. The highest BCUT2D eigenvalue weighted by Crippen LogP contribution is 2.66. The van der Waals surface area contributed by atoms with Crippen molar-refractivity contribution in [3.05, 3.63) is 59.7 Å². The predicted molar refractivity (Wildman–Crippen MR) is 247 cm³/mol. The zero-order chi connectivity index (χ0) is 46.1. The van der Waals surface area contributed by atoms with Gasteiger partial charge in [-0.3, -0.25) is 24.0 Å². The van der Waals surface area contributed by atoms with Crippen LogP contribution >= 0.6 is 0 Å². The molecule has 3 saturated carbocycles. The number of nitrogens with two attached hydrogens (primary N) is 2. The Morgan fingerprint density at radius 2 is 1.44 bits per heavy atom. The van der Waals surface area contributed by atoms with Gasteiger partial charge in [0.2, 0.25) is 11.8 Å². The van der Waals surface area contributed by atoms with Gasteiger partial charge in [-0.1, -0.05) is 89.6 Å². The van der Waals surface area contributed by atoms with E-state index in [-0.39, 0.29) is 67.6 Å². The van der Waals surface area contributed by atoms with Gasteiger partial charge in [0.1, 0.15) is 11.8 Å². The number of carbonyl (C=O) groups is 5. The van der Waals surface area contributed by atoms with Gasteiger partial charge in [0.15, 0.2) is 11.6 Å². The van der Waals surface area contributed by atoms with Gasteiger partial charge in [-0.25, -0.2) is 0 Å². The summed E-state index contributed by atoms with van der Waals surface area (Å²) in [4.78, 5) is 67.9. The van der Waals surface area contributed by atoms with E-state index in [1.807, 2.05) is 31.2 Å². The van der Waals surface area contributed by atoms with Crippen molar-refractivity contribution in [3.63, 3.8) is 0 Å². The molecular weight excluding hydrogens is 795 g/mol. The van der Waals surface area contributed by atoms with E-state index in [0.29, 0.717) is 37.6 Å². The average molecular weight is 871 g/mol. The molecule has 1 aliphatic heterocycles. The van der Waals surface area contributed by atoms with Crippen LogP contribution in [0.15, 0.2) is 48.5 Å². The Morgan fingerprint density at radius 1 is 0.794 bits per heavy atom. The van der Waals surface area contributed by atoms with Crippen molar-refractivity contribution in [2.75, 3.05) is 13.1 Å². The third-order valence-corrected chi connectivity index (χ3v) is 14.5. The summed E-state index contributed by atoms with van der Waals surface area (Å²) in [5, 5.41) is 16.2. The molecule has 13 heteroatoms. The smallest absolute Gasteiger partial charge is 0.405 e. The van der Waals surface area contributed by atoms with Crippen molar-refractivity contribution in [1.82, 2.24) is 10.6 Å². The van der Waals surface area contributed by atoms with Crippen molar-refractivity contribution in [1.29, 1.82) is 0 Å². The number of unbranched alkanes of at least 4 members (excludes halogenated alkanes) is 2. The average Bonchev–Trinajstić information content (AvgIpc) is 3.62. The fraction of sp³-hybridized carbons (Fsp3) is 0.660. The Balaban J connectivity index is 1.13. The number of benzene rings is 2. The number of Topliss-reactive ketones (excluding diaryl/α,β-unsaturated/α-hetero) is 3. The number of aryl methyl sites for hydroxylation is 1. The van der Waals surface area contributed by atoms with Gasteiger partial charge in [0.05, 0.1) is 23.9 Å². The van der Waals surface area contributed by atoms with E-state index in [1.54, 1.807) is 6.92 Å². The molecule has 4 aliphatic rings. The minimum atomic E-state index is -1.31. The Kier molecular flexibility index (Phi) is 17.9. The van der Waals surface area contributed by atoms with E-state index < -0.39 is 60.3 Å². The molecule has 2 bridgehead atoms. The molecule has 2 aromatic rings. The maximum Gasteiger partial charge on any atom is 0.461 e. The highest BCUT2D eigenvalue weighted by atomic mass is 16.7. The molecule has 1 unspecified atom stereocenters. The molecule has 0 aromatic heterocycles. The third kappa shape index (κ3) is 12.5. The van der Waals surface area contributed by atoms with Crippen LogP contribution in [0.5, 0.6) is 0 Å². The number of aliphatic hydroxyl groups excluding tert-OH is 1. The molecule has 2 amide bonds. The van der Waals surface area contributed by atoms with Crippen molar-refractivity contribution >= 4 is 36.3 Å². The van der Waals surface area contributed by atoms with Crippen LogP contribution in [0.2, 0.25) is 5.82 Å². The lowest BCUT2D eigenvalue weighted by Gasteiger charge is -2.64. The minimum absolute atomic E-state index is 0.00192. The molecule has 6 rings (SSSR count). The molecule has 0 spiro atoms. The van der Waals surface area contributed by atoms with E-state index in [0.717, 1.165) is 48.8 Å². The molecule has 10 atom stereocenters. The Labute approximate surface area is 376 Å². The quantitative estimate of drug-likeness (QED) is 0.0527. The van der Waals surface area contributed by atoms with Gasteiger partial charge in [-0.2, -0.15) is 0 Å². The van der Waals surface area contributed by atoms with Crippen molar-refractivity contribution < 1.29 is 38.4 Å². The molecular formula is C50H75BN4O8. The van der Waals surface area contributed by atoms with Crippen LogP contribution in [-0.2, 0) is 46.1 Å². The number of amides is 2. The maximum atomic E-state index is 13.8. The van der Waals surface area contributed by atoms with Crippen LogP contribution in [0.25, 0.3) is 11.1 Å². The Hall–Kier alpha value is -3.75. The van der Waals surface area contributed by atoms with E-state index in [4.69, 9.17) is 20.8 Å². The highest BCUT2D eigenvalue weighted by molar-refractivity contribution is 6.47. The van der Waals surface area contributed by atoms with Crippen LogP contribution in [0.4, 0.5) is 0 Å². The van der Waals surface area contributed by atoms with Gasteiger partial charge in [-0.05, 0) is 124 Å². The van der Waals surface area contributed by atoms with Gasteiger partial charge in [-0.15, -0.1) is 0 Å². The van der Waals surface area contributed by atoms with Gasteiger partial charge in [0.25, 0.3) is 0 Å². The third-order valence-electron chi connectivity index (χ3n) is 14.5. The highest BCUT2D eigenvalue weighted by Gasteiger charge is 2.68. The number of hydrogen-bond donors (Lipinski definition) is 5. The molecule has 12 nitrogen and oxygen atoms in total. The van der Waals surface area contributed by atoms with Crippen LogP contribution in [-0.4, -0.2) is 84.4 Å². The first kappa shape index (κ1) is 50.3. The summed E-state index contributed by atoms with van der Waals surface area (Å²) in [5.74, 6) is -2.78. The zero-order valence-corrected chi connectivity index (χ0v) is 39.0. The molecule has 1 heterocycles. The number of rotatable bonds is 26. The van der Waals surface area contributed by atoms with Crippen molar-refractivity contribution in [2.45, 2.75) is 168 Å². The largest absolute Gasteiger partial charge is 0.461 e. The summed E-state index contributed by atoms with van der Waals surface area (Å²) in [6, 6.07) is 14.2. The maximum absolute atomic E-state index is 13.8. The molecule has 346 valence electrons. The number of carbonyl (C=O) groups excluding carboxylic acids is 5. The molecule has 2 aromatic carbocycles. The van der Waals surface area contributed by atoms with E-state index >= 15 is 0 Å². The summed E-state index contributed by atoms with van der Waals surface area (Å²) >= 11 is 0. The predicted octanol–water partition coefficient (Wildman–Crippen LogP) is 6.32. The lowest BCUT2D eigenvalue weighted by Crippen LogP contribution is -2.65. The Bertz CT molecular complexity index is 1870. The van der Waals surface area contributed by atoms with Crippen LogP contribution in [0.1, 0.15) is 130 Å². The second-order valence-electron chi connectivity index (χ2n) is 19.8. The number of nitrogens with one attached hydrogen (secondary N) is 2. The van der Waals surface area contributed by atoms with Crippen molar-refractivity contribution in [3.8, 4) is 11.1 Å². The molecule has 3 aliphatic carbocycles. The molecule has 63 heavy (non-hydrogen) atoms. The normalized spacial score (nSPS) is 23.9. The fourth-order valence-corrected chi connectivity index (χ4v) is 10.2. The summed E-state index contributed by atoms with van der Waals surface area (Å²) in [6.07, 6.45) is 6.00. The van der Waals surface area contributed by atoms with Gasteiger partial charge >= 0.3 is 7.12 Å². The summed E-state index contributed by atoms with van der Waals surface area (Å²) in [7, 11) is -0.521. The van der Waals surface area contributed by atoms with E-state index in [9.17, 15) is 29.1 Å². The van der Waals surface area contributed by atoms with E-state index in [2.05, 4.69) is 62.6 Å². The number of hydrogen-bond acceptors (Lipinski definition) is 10. The van der Waals surface area contributed by atoms with Crippen LogP contribution in [0, 0.1) is 29.1 Å². The van der Waals surface area contributed by atoms with Crippen LogP contribution < -0.4 is 22.1 Å². The monoisotopic (exact) mass is 871 g/mol. The molecule has 1 saturated heterocycles. The first-order valence-electron chi connectivity index (χ1n) is 23.7. The first-order chi connectivity index (χ1) is 29.9. The summed E-state index contributed by atoms with van der Waals surface area (Å²) in [6.45, 7) is 14.5. The first-order valence-corrected chi connectivity index (χ1v) is 23.7.